The number of phosphoric acid groups is 1. The fourth-order valence-corrected chi connectivity index (χ4v) is 6.97. The van der Waals surface area contributed by atoms with E-state index in [1.807, 2.05) is 6.08 Å². The van der Waals surface area contributed by atoms with E-state index in [2.05, 4.69) is 92.1 Å². The summed E-state index contributed by atoms with van der Waals surface area (Å²) in [4.78, 5) is 22.7. The summed E-state index contributed by atoms with van der Waals surface area (Å²) in [6.45, 7) is 3.97. The fraction of sp³-hybridized carbons (Fsp3) is 0.694. The first-order valence-corrected chi connectivity index (χ1v) is 24.7. The molecule has 58 heavy (non-hydrogen) atoms. The van der Waals surface area contributed by atoms with Crippen molar-refractivity contribution in [3.05, 3.63) is 85.1 Å². The SMILES string of the molecule is CC/C=C\C/C=C\C/C=C\C/C=C\CCCCCCCCC(=O)NC(COP(=O)(O)OCCN)C(O)/C=C/CC/C=C/CC/C=C/CCCCCCCCCCCC. The van der Waals surface area contributed by atoms with Crippen molar-refractivity contribution in [2.24, 2.45) is 5.73 Å². The number of carbonyl (C=O) groups excluding carboxylic acids is 1. The van der Waals surface area contributed by atoms with Crippen LogP contribution < -0.4 is 11.1 Å². The number of hydrogen-bond acceptors (Lipinski definition) is 6. The van der Waals surface area contributed by atoms with Gasteiger partial charge in [0.2, 0.25) is 5.91 Å². The second kappa shape index (κ2) is 44.2. The molecule has 334 valence electrons. The van der Waals surface area contributed by atoms with E-state index in [-0.39, 0.29) is 25.7 Å². The van der Waals surface area contributed by atoms with Gasteiger partial charge in [-0.25, -0.2) is 4.57 Å². The third kappa shape index (κ3) is 41.8. The molecule has 0 aromatic rings. The maximum Gasteiger partial charge on any atom is 0.472 e. The van der Waals surface area contributed by atoms with E-state index in [1.54, 1.807) is 6.08 Å². The Morgan fingerprint density at radius 1 is 0.586 bits per heavy atom. The van der Waals surface area contributed by atoms with Crippen LogP contribution in [0.5, 0.6) is 0 Å². The number of amides is 1. The Morgan fingerprint density at radius 3 is 1.53 bits per heavy atom. The van der Waals surface area contributed by atoms with Gasteiger partial charge in [-0.2, -0.15) is 0 Å². The van der Waals surface area contributed by atoms with E-state index in [1.165, 1.54) is 83.5 Å². The highest BCUT2D eigenvalue weighted by molar-refractivity contribution is 7.47. The van der Waals surface area contributed by atoms with E-state index in [0.29, 0.717) is 6.42 Å². The summed E-state index contributed by atoms with van der Waals surface area (Å²) in [7, 11) is -4.36. The van der Waals surface area contributed by atoms with E-state index in [4.69, 9.17) is 14.8 Å². The van der Waals surface area contributed by atoms with Gasteiger partial charge in [0.05, 0.1) is 25.4 Å². The van der Waals surface area contributed by atoms with Gasteiger partial charge in [-0.05, 0) is 83.5 Å². The van der Waals surface area contributed by atoms with Crippen molar-refractivity contribution in [3.8, 4) is 0 Å². The van der Waals surface area contributed by atoms with Gasteiger partial charge in [0, 0.05) is 13.0 Å². The minimum Gasteiger partial charge on any atom is -0.387 e. The number of rotatable bonds is 42. The van der Waals surface area contributed by atoms with E-state index in [9.17, 15) is 19.4 Å². The van der Waals surface area contributed by atoms with Crippen LogP contribution in [-0.2, 0) is 18.4 Å². The lowest BCUT2D eigenvalue weighted by Gasteiger charge is -2.23. The summed E-state index contributed by atoms with van der Waals surface area (Å²) in [5.41, 5.74) is 5.38. The van der Waals surface area contributed by atoms with Crippen LogP contribution in [0.4, 0.5) is 0 Å². The molecule has 8 nitrogen and oxygen atoms in total. The van der Waals surface area contributed by atoms with Crippen LogP contribution in [0.3, 0.4) is 0 Å². The van der Waals surface area contributed by atoms with Gasteiger partial charge < -0.3 is 21.1 Å². The largest absolute Gasteiger partial charge is 0.472 e. The molecule has 3 unspecified atom stereocenters. The second-order valence-electron chi connectivity index (χ2n) is 15.2. The predicted octanol–water partition coefficient (Wildman–Crippen LogP) is 13.4. The molecule has 0 aromatic carbocycles. The number of nitrogens with two attached hydrogens (primary N) is 1. The first-order valence-electron chi connectivity index (χ1n) is 23.2. The maximum absolute atomic E-state index is 12.8. The van der Waals surface area contributed by atoms with E-state index < -0.39 is 20.0 Å². The van der Waals surface area contributed by atoms with Crippen molar-refractivity contribution >= 4 is 13.7 Å². The zero-order valence-corrected chi connectivity index (χ0v) is 37.9. The third-order valence-corrected chi connectivity index (χ3v) is 10.7. The van der Waals surface area contributed by atoms with Crippen molar-refractivity contribution in [3.63, 3.8) is 0 Å². The highest BCUT2D eigenvalue weighted by Gasteiger charge is 2.26. The molecule has 0 bridgehead atoms. The number of aliphatic hydroxyl groups excluding tert-OH is 1. The van der Waals surface area contributed by atoms with Crippen LogP contribution >= 0.6 is 7.82 Å². The minimum absolute atomic E-state index is 0.0648. The molecule has 0 aliphatic rings. The number of hydrogen-bond donors (Lipinski definition) is 4. The van der Waals surface area contributed by atoms with Crippen LogP contribution in [0.15, 0.2) is 85.1 Å². The van der Waals surface area contributed by atoms with Gasteiger partial charge in [0.1, 0.15) is 0 Å². The second-order valence-corrected chi connectivity index (χ2v) is 16.7. The molecule has 0 spiro atoms. The topological polar surface area (TPSA) is 131 Å². The lowest BCUT2D eigenvalue weighted by Crippen LogP contribution is -2.45. The summed E-state index contributed by atoms with van der Waals surface area (Å²) in [6.07, 6.45) is 59.2. The van der Waals surface area contributed by atoms with Gasteiger partial charge in [0.25, 0.3) is 0 Å². The Morgan fingerprint density at radius 2 is 1.02 bits per heavy atom. The molecule has 0 saturated carbocycles. The molecule has 3 atom stereocenters. The molecule has 0 heterocycles. The van der Waals surface area contributed by atoms with Gasteiger partial charge >= 0.3 is 7.82 Å². The summed E-state index contributed by atoms with van der Waals surface area (Å²) >= 11 is 0. The Kier molecular flexibility index (Phi) is 42.5. The Bertz CT molecular complexity index is 1180. The molecule has 0 saturated heterocycles. The van der Waals surface area contributed by atoms with Crippen molar-refractivity contribution in [1.29, 1.82) is 0 Å². The van der Waals surface area contributed by atoms with E-state index in [0.717, 1.165) is 83.5 Å². The maximum atomic E-state index is 12.8. The van der Waals surface area contributed by atoms with Crippen LogP contribution in [-0.4, -0.2) is 47.8 Å². The van der Waals surface area contributed by atoms with Crippen LogP contribution in [0.25, 0.3) is 0 Å². The molecule has 0 radical (unpaired) electrons. The zero-order chi connectivity index (χ0) is 42.5. The number of nitrogens with one attached hydrogen (secondary N) is 1. The third-order valence-electron chi connectivity index (χ3n) is 9.68. The Labute approximate surface area is 356 Å². The average Bonchev–Trinajstić information content (AvgIpc) is 3.21. The highest BCUT2D eigenvalue weighted by Crippen LogP contribution is 2.43. The average molecular weight is 831 g/mol. The highest BCUT2D eigenvalue weighted by atomic mass is 31.2. The summed E-state index contributed by atoms with van der Waals surface area (Å²) in [5, 5.41) is 13.7. The summed E-state index contributed by atoms with van der Waals surface area (Å²) < 4.78 is 22.1. The molecule has 0 fully saturated rings. The lowest BCUT2D eigenvalue weighted by molar-refractivity contribution is -0.123. The van der Waals surface area contributed by atoms with Crippen LogP contribution in [0.1, 0.15) is 187 Å². The quantitative estimate of drug-likeness (QED) is 0.0274. The molecule has 0 aromatic heterocycles. The first kappa shape index (κ1) is 55.7. The fourth-order valence-electron chi connectivity index (χ4n) is 6.21. The molecule has 1 amide bonds. The summed E-state index contributed by atoms with van der Waals surface area (Å²) in [5.74, 6) is -0.225. The predicted molar refractivity (Wildman–Crippen MR) is 249 cm³/mol. The molecular weight excluding hydrogens is 744 g/mol. The standard InChI is InChI=1S/C49H87N2O6P/c1-3-5-7-9-11-13-15-17-19-21-23-25-26-28-30-32-34-36-38-40-42-48(52)47(46-57-58(54,55)56-45-44-50)51-49(53)43-41-39-37-35-33-31-29-27-24-22-20-18-16-14-12-10-8-6-4-2/h6,8,12,14,18,20,24-27,32,34,40,42,47-48,52H,3-5,7,9-11,13,15-17,19,21-23,28-31,33,35-39,41,43-46,50H2,1-2H3,(H,51,53)(H,54,55)/b8-6-,14-12-,20-18-,26-25+,27-24-,34-32+,42-40+. The normalized spacial score (nSPS) is 14.8. The number of phosphoric ester groups is 1. The zero-order valence-electron chi connectivity index (χ0n) is 37.0. The van der Waals surface area contributed by atoms with Gasteiger partial charge in [-0.15, -0.1) is 0 Å². The van der Waals surface area contributed by atoms with Gasteiger partial charge in [-0.3, -0.25) is 13.8 Å². The Hall–Kier alpha value is -2.32. The number of carbonyl (C=O) groups is 1. The number of aliphatic hydroxyl groups is 1. The number of allylic oxidation sites excluding steroid dienone is 13. The number of unbranched alkanes of at least 4 members (excludes halogenated alkanes) is 18. The van der Waals surface area contributed by atoms with Crippen LogP contribution in [0, 0.1) is 0 Å². The molecule has 0 rings (SSSR count). The first-order chi connectivity index (χ1) is 28.4. The van der Waals surface area contributed by atoms with Crippen molar-refractivity contribution < 1.29 is 28.4 Å². The van der Waals surface area contributed by atoms with Crippen LogP contribution in [0.2, 0.25) is 0 Å². The molecule has 0 aliphatic heterocycles. The molecule has 0 aliphatic carbocycles. The van der Waals surface area contributed by atoms with Crippen molar-refractivity contribution in [1.82, 2.24) is 5.32 Å². The van der Waals surface area contributed by atoms with E-state index >= 15 is 0 Å². The monoisotopic (exact) mass is 831 g/mol. The minimum atomic E-state index is -4.36. The Balaban J connectivity index is 4.30. The van der Waals surface area contributed by atoms with Gasteiger partial charge in [0.15, 0.2) is 0 Å². The van der Waals surface area contributed by atoms with Crippen molar-refractivity contribution in [2.75, 3.05) is 19.8 Å². The summed E-state index contributed by atoms with van der Waals surface area (Å²) in [6, 6.07) is -0.897. The molecule has 9 heteroatoms. The van der Waals surface area contributed by atoms with Crippen molar-refractivity contribution in [2.45, 2.75) is 199 Å². The smallest absolute Gasteiger partial charge is 0.387 e. The molecular formula is C49H87N2O6P. The lowest BCUT2D eigenvalue weighted by atomic mass is 10.1. The molecule has 5 N–H and O–H groups in total. The van der Waals surface area contributed by atoms with Gasteiger partial charge in [-0.1, -0.05) is 182 Å².